The predicted molar refractivity (Wildman–Crippen MR) is 69.1 cm³/mol. The Balaban J connectivity index is 2.48. The number of unbranched alkanes of at least 4 members (excludes halogenated alkanes) is 2. The molecule has 1 fully saturated rings. The molecule has 1 aliphatic rings. The molecule has 5 heteroatoms. The van der Waals surface area contributed by atoms with Crippen molar-refractivity contribution in [3.63, 3.8) is 0 Å². The van der Waals surface area contributed by atoms with Crippen molar-refractivity contribution in [3.8, 4) is 0 Å². The molecule has 1 saturated heterocycles. The van der Waals surface area contributed by atoms with E-state index in [9.17, 15) is 14.7 Å². The number of hydrogen-bond acceptors (Lipinski definition) is 3. The Bertz CT molecular complexity index is 281. The lowest BCUT2D eigenvalue weighted by Crippen LogP contribution is -2.44. The summed E-state index contributed by atoms with van der Waals surface area (Å²) < 4.78 is 0. The van der Waals surface area contributed by atoms with Crippen molar-refractivity contribution in [3.05, 3.63) is 0 Å². The quantitative estimate of drug-likeness (QED) is 0.703. The fourth-order valence-corrected chi connectivity index (χ4v) is 2.40. The van der Waals surface area contributed by atoms with Gasteiger partial charge in [0.15, 0.2) is 0 Å². The van der Waals surface area contributed by atoms with Gasteiger partial charge in [0.2, 0.25) is 5.91 Å². The first-order valence-corrected chi connectivity index (χ1v) is 6.89. The number of likely N-dealkylation sites (tertiary alicyclic amines) is 1. The van der Waals surface area contributed by atoms with Crippen LogP contribution in [0.15, 0.2) is 0 Å². The van der Waals surface area contributed by atoms with E-state index in [1.165, 1.54) is 0 Å². The van der Waals surface area contributed by atoms with Gasteiger partial charge in [-0.25, -0.2) is 4.79 Å². The molecule has 1 atom stereocenters. The van der Waals surface area contributed by atoms with Crippen LogP contribution in [0.25, 0.3) is 0 Å². The van der Waals surface area contributed by atoms with Crippen molar-refractivity contribution in [1.29, 1.82) is 0 Å². The van der Waals surface area contributed by atoms with Crippen molar-refractivity contribution in [2.24, 2.45) is 5.73 Å². The van der Waals surface area contributed by atoms with Crippen LogP contribution in [0.3, 0.4) is 0 Å². The third kappa shape index (κ3) is 4.64. The van der Waals surface area contributed by atoms with E-state index in [1.807, 2.05) is 0 Å². The lowest BCUT2D eigenvalue weighted by molar-refractivity contribution is -0.150. The van der Waals surface area contributed by atoms with Gasteiger partial charge < -0.3 is 15.7 Å². The topological polar surface area (TPSA) is 83.6 Å². The molecule has 0 aromatic rings. The minimum Gasteiger partial charge on any atom is -0.480 e. The van der Waals surface area contributed by atoms with Crippen molar-refractivity contribution in [2.75, 3.05) is 13.1 Å². The zero-order chi connectivity index (χ0) is 13.4. The Labute approximate surface area is 108 Å². The Hall–Kier alpha value is -1.10. The maximum atomic E-state index is 12.1. The van der Waals surface area contributed by atoms with Gasteiger partial charge in [0.25, 0.3) is 0 Å². The van der Waals surface area contributed by atoms with Gasteiger partial charge in [-0.1, -0.05) is 19.3 Å². The SMILES string of the molecule is NCCCCCC(=O)N1CCCCCC1C(=O)O. The van der Waals surface area contributed by atoms with Gasteiger partial charge in [0.05, 0.1) is 0 Å². The number of carbonyl (C=O) groups is 2. The molecule has 0 spiro atoms. The normalized spacial score (nSPS) is 20.5. The Morgan fingerprint density at radius 3 is 2.61 bits per heavy atom. The molecule has 0 aromatic heterocycles. The molecule has 1 rings (SSSR count). The Morgan fingerprint density at radius 2 is 1.94 bits per heavy atom. The fraction of sp³-hybridized carbons (Fsp3) is 0.846. The number of nitrogens with zero attached hydrogens (tertiary/aromatic N) is 1. The van der Waals surface area contributed by atoms with Gasteiger partial charge in [0, 0.05) is 13.0 Å². The van der Waals surface area contributed by atoms with E-state index < -0.39 is 12.0 Å². The number of carboxylic acids is 1. The highest BCUT2D eigenvalue weighted by Gasteiger charge is 2.30. The van der Waals surface area contributed by atoms with Crippen LogP contribution >= 0.6 is 0 Å². The van der Waals surface area contributed by atoms with E-state index in [0.29, 0.717) is 25.9 Å². The van der Waals surface area contributed by atoms with Gasteiger partial charge in [-0.3, -0.25) is 4.79 Å². The van der Waals surface area contributed by atoms with Gasteiger partial charge in [-0.2, -0.15) is 0 Å². The number of carboxylic acid groups (broad SMARTS) is 1. The first kappa shape index (κ1) is 15.0. The van der Waals surface area contributed by atoms with Crippen LogP contribution in [0.2, 0.25) is 0 Å². The highest BCUT2D eigenvalue weighted by atomic mass is 16.4. The summed E-state index contributed by atoms with van der Waals surface area (Å²) in [5.74, 6) is -0.881. The van der Waals surface area contributed by atoms with E-state index in [1.54, 1.807) is 4.90 Å². The highest BCUT2D eigenvalue weighted by molar-refractivity contribution is 5.83. The van der Waals surface area contributed by atoms with Crippen molar-refractivity contribution >= 4 is 11.9 Å². The summed E-state index contributed by atoms with van der Waals surface area (Å²) in [4.78, 5) is 24.8. The summed E-state index contributed by atoms with van der Waals surface area (Å²) in [5, 5.41) is 9.18. The third-order valence-electron chi connectivity index (χ3n) is 3.45. The second-order valence-corrected chi connectivity index (χ2v) is 4.89. The fourth-order valence-electron chi connectivity index (χ4n) is 2.40. The van der Waals surface area contributed by atoms with Crippen molar-refractivity contribution < 1.29 is 14.7 Å². The van der Waals surface area contributed by atoms with E-state index in [2.05, 4.69) is 0 Å². The zero-order valence-electron chi connectivity index (χ0n) is 10.9. The molecule has 0 aliphatic carbocycles. The molecule has 1 aliphatic heterocycles. The van der Waals surface area contributed by atoms with Gasteiger partial charge >= 0.3 is 5.97 Å². The Kier molecular flexibility index (Phi) is 6.72. The molecule has 18 heavy (non-hydrogen) atoms. The minimum absolute atomic E-state index is 0.0127. The second-order valence-electron chi connectivity index (χ2n) is 4.89. The number of amides is 1. The number of carbonyl (C=O) groups excluding carboxylic acids is 1. The summed E-state index contributed by atoms with van der Waals surface area (Å²) in [6.45, 7) is 1.24. The summed E-state index contributed by atoms with van der Waals surface area (Å²) >= 11 is 0. The summed E-state index contributed by atoms with van der Waals surface area (Å²) in [6.07, 6.45) is 6.53. The molecule has 3 N–H and O–H groups in total. The van der Waals surface area contributed by atoms with E-state index in [0.717, 1.165) is 38.5 Å². The summed E-state index contributed by atoms with van der Waals surface area (Å²) in [5.41, 5.74) is 5.40. The lowest BCUT2D eigenvalue weighted by atomic mass is 10.1. The van der Waals surface area contributed by atoms with Gasteiger partial charge in [-0.15, -0.1) is 0 Å². The smallest absolute Gasteiger partial charge is 0.326 e. The molecule has 0 radical (unpaired) electrons. The average molecular weight is 256 g/mol. The van der Waals surface area contributed by atoms with Crippen LogP contribution in [0.5, 0.6) is 0 Å². The molecule has 0 bridgehead atoms. The van der Waals surface area contributed by atoms with E-state index >= 15 is 0 Å². The highest BCUT2D eigenvalue weighted by Crippen LogP contribution is 2.18. The second kappa shape index (κ2) is 8.08. The van der Waals surface area contributed by atoms with Crippen LogP contribution in [0.1, 0.15) is 51.4 Å². The molecular weight excluding hydrogens is 232 g/mol. The number of nitrogens with two attached hydrogens (primary N) is 1. The number of hydrogen-bond donors (Lipinski definition) is 2. The molecule has 0 aromatic carbocycles. The van der Waals surface area contributed by atoms with Crippen molar-refractivity contribution in [2.45, 2.75) is 57.4 Å². The predicted octanol–water partition coefficient (Wildman–Crippen LogP) is 1.36. The van der Waals surface area contributed by atoms with Crippen LogP contribution in [-0.2, 0) is 9.59 Å². The molecule has 1 heterocycles. The molecule has 1 amide bonds. The average Bonchev–Trinajstić information content (AvgIpc) is 2.59. The van der Waals surface area contributed by atoms with Crippen LogP contribution < -0.4 is 5.73 Å². The van der Waals surface area contributed by atoms with Crippen LogP contribution in [0, 0.1) is 0 Å². The summed E-state index contributed by atoms with van der Waals surface area (Å²) in [7, 11) is 0. The molecule has 1 unspecified atom stereocenters. The molecule has 104 valence electrons. The van der Waals surface area contributed by atoms with Gasteiger partial charge in [-0.05, 0) is 32.2 Å². The zero-order valence-corrected chi connectivity index (χ0v) is 10.9. The lowest BCUT2D eigenvalue weighted by Gasteiger charge is -2.27. The monoisotopic (exact) mass is 256 g/mol. The molecule has 0 saturated carbocycles. The molecule has 5 nitrogen and oxygen atoms in total. The number of rotatable bonds is 6. The maximum Gasteiger partial charge on any atom is 0.326 e. The molecular formula is C13H24N2O3. The third-order valence-corrected chi connectivity index (χ3v) is 3.45. The van der Waals surface area contributed by atoms with E-state index in [-0.39, 0.29) is 5.91 Å². The van der Waals surface area contributed by atoms with E-state index in [4.69, 9.17) is 5.73 Å². The standard InChI is InChI=1S/C13H24N2O3/c14-9-5-1-4-8-12(16)15-10-6-2-3-7-11(15)13(17)18/h11H,1-10,14H2,(H,17,18). The number of aliphatic carboxylic acids is 1. The van der Waals surface area contributed by atoms with Crippen LogP contribution in [0.4, 0.5) is 0 Å². The first-order valence-electron chi connectivity index (χ1n) is 6.89. The maximum absolute atomic E-state index is 12.1. The Morgan fingerprint density at radius 1 is 1.17 bits per heavy atom. The first-order chi connectivity index (χ1) is 8.66. The van der Waals surface area contributed by atoms with Gasteiger partial charge in [0.1, 0.15) is 6.04 Å². The van der Waals surface area contributed by atoms with Crippen molar-refractivity contribution in [1.82, 2.24) is 4.90 Å². The summed E-state index contributed by atoms with van der Waals surface area (Å²) in [6, 6.07) is -0.616. The largest absolute Gasteiger partial charge is 0.480 e. The minimum atomic E-state index is -0.868. The van der Waals surface area contributed by atoms with Crippen LogP contribution in [-0.4, -0.2) is 41.0 Å².